The number of benzene rings is 1. The molecule has 76 valence electrons. The van der Waals surface area contributed by atoms with Gasteiger partial charge in [0.15, 0.2) is 0 Å². The predicted octanol–water partition coefficient (Wildman–Crippen LogP) is 0.798. The van der Waals surface area contributed by atoms with Crippen molar-refractivity contribution in [2.75, 3.05) is 0 Å². The molecule has 0 bridgehead atoms. The minimum absolute atomic E-state index is 0.111. The lowest BCUT2D eigenvalue weighted by atomic mass is 10.1. The zero-order valence-electron chi connectivity index (χ0n) is 7.38. The summed E-state index contributed by atoms with van der Waals surface area (Å²) in [6.07, 6.45) is -0.894. The number of nitrogens with two attached hydrogens (primary N) is 1. The first-order chi connectivity index (χ1) is 6.63. The lowest BCUT2D eigenvalue weighted by molar-refractivity contribution is -0.140. The molecule has 0 aliphatic heterocycles. The van der Waals surface area contributed by atoms with Gasteiger partial charge in [0.2, 0.25) is 0 Å². The van der Waals surface area contributed by atoms with Crippen molar-refractivity contribution in [3.05, 3.63) is 29.8 Å². The van der Waals surface area contributed by atoms with E-state index >= 15 is 0 Å². The van der Waals surface area contributed by atoms with Crippen LogP contribution >= 0.6 is 0 Å². The van der Waals surface area contributed by atoms with Gasteiger partial charge in [-0.25, -0.2) is 5.90 Å². The van der Waals surface area contributed by atoms with Crippen molar-refractivity contribution < 1.29 is 19.8 Å². The second kappa shape index (κ2) is 4.59. The molecule has 14 heavy (non-hydrogen) atoms. The summed E-state index contributed by atoms with van der Waals surface area (Å²) in [7, 11) is 0. The summed E-state index contributed by atoms with van der Waals surface area (Å²) in [5.41, 5.74) is 0.618. The molecule has 1 rings (SSSR count). The van der Waals surface area contributed by atoms with Gasteiger partial charge < -0.3 is 10.2 Å². The van der Waals surface area contributed by atoms with Crippen LogP contribution in [0.5, 0.6) is 5.75 Å². The average molecular weight is 197 g/mol. The number of carboxylic acids is 1. The molecule has 5 nitrogen and oxygen atoms in total. The van der Waals surface area contributed by atoms with Gasteiger partial charge in [0, 0.05) is 0 Å². The quantitative estimate of drug-likeness (QED) is 0.621. The summed E-state index contributed by atoms with van der Waals surface area (Å²) in [6, 6.07) is 6.03. The van der Waals surface area contributed by atoms with Gasteiger partial charge in [-0.15, -0.1) is 0 Å². The number of carbonyl (C=O) groups is 1. The van der Waals surface area contributed by atoms with E-state index in [2.05, 4.69) is 4.84 Å². The zero-order valence-corrected chi connectivity index (χ0v) is 7.38. The first kappa shape index (κ1) is 10.5. The maximum Gasteiger partial charge on any atom is 0.306 e. The Kier molecular flexibility index (Phi) is 3.44. The number of rotatable bonds is 4. The van der Waals surface area contributed by atoms with Gasteiger partial charge >= 0.3 is 5.97 Å². The zero-order chi connectivity index (χ0) is 10.6. The van der Waals surface area contributed by atoms with E-state index in [1.165, 1.54) is 12.1 Å². The minimum Gasteiger partial charge on any atom is -0.508 e. The topological polar surface area (TPSA) is 92.8 Å². The van der Waals surface area contributed by atoms with Gasteiger partial charge in [0.25, 0.3) is 0 Å². The molecule has 0 amide bonds. The van der Waals surface area contributed by atoms with Crippen molar-refractivity contribution >= 4 is 5.97 Å². The number of carboxylic acid groups (broad SMARTS) is 1. The van der Waals surface area contributed by atoms with E-state index in [1.807, 2.05) is 0 Å². The first-order valence-corrected chi connectivity index (χ1v) is 3.99. The molecule has 1 aromatic carbocycles. The van der Waals surface area contributed by atoms with Gasteiger partial charge in [-0.1, -0.05) is 12.1 Å². The Morgan fingerprint density at radius 2 is 2.00 bits per heavy atom. The van der Waals surface area contributed by atoms with Crippen molar-refractivity contribution in [2.45, 2.75) is 12.5 Å². The molecule has 0 radical (unpaired) electrons. The molecule has 4 N–H and O–H groups in total. The lowest BCUT2D eigenvalue weighted by Crippen LogP contribution is -2.13. The number of hydrogen-bond donors (Lipinski definition) is 3. The van der Waals surface area contributed by atoms with Gasteiger partial charge in [0.1, 0.15) is 11.9 Å². The third kappa shape index (κ3) is 2.72. The normalized spacial score (nSPS) is 12.4. The average Bonchev–Trinajstić information content (AvgIpc) is 2.15. The van der Waals surface area contributed by atoms with Crippen LogP contribution in [0.15, 0.2) is 24.3 Å². The largest absolute Gasteiger partial charge is 0.508 e. The second-order valence-electron chi connectivity index (χ2n) is 2.81. The van der Waals surface area contributed by atoms with Crippen LogP contribution in [0.25, 0.3) is 0 Å². The first-order valence-electron chi connectivity index (χ1n) is 3.99. The molecular weight excluding hydrogens is 186 g/mol. The molecule has 1 aromatic rings. The van der Waals surface area contributed by atoms with E-state index in [-0.39, 0.29) is 12.2 Å². The maximum absolute atomic E-state index is 10.4. The Hall–Kier alpha value is -1.59. The highest BCUT2D eigenvalue weighted by atomic mass is 16.6. The van der Waals surface area contributed by atoms with Crippen LogP contribution in [0.1, 0.15) is 18.1 Å². The van der Waals surface area contributed by atoms with Crippen molar-refractivity contribution in [3.8, 4) is 5.75 Å². The maximum atomic E-state index is 10.4. The van der Waals surface area contributed by atoms with E-state index in [1.54, 1.807) is 12.1 Å². The molecule has 0 aliphatic carbocycles. The summed E-state index contributed by atoms with van der Waals surface area (Å²) in [5, 5.41) is 17.6. The second-order valence-corrected chi connectivity index (χ2v) is 2.81. The van der Waals surface area contributed by atoms with Gasteiger partial charge in [-0.2, -0.15) is 0 Å². The number of aromatic hydroxyl groups is 1. The molecule has 0 aliphatic rings. The fourth-order valence-electron chi connectivity index (χ4n) is 1.09. The SMILES string of the molecule is NOC(CC(=O)O)c1ccc(O)cc1. The molecule has 1 atom stereocenters. The number of phenolic OH excluding ortho intramolecular Hbond substituents is 1. The Morgan fingerprint density at radius 3 is 2.43 bits per heavy atom. The van der Waals surface area contributed by atoms with Gasteiger partial charge in [0.05, 0.1) is 6.42 Å². The number of phenols is 1. The molecule has 0 aromatic heterocycles. The third-order valence-electron chi connectivity index (χ3n) is 1.79. The molecule has 0 spiro atoms. The van der Waals surface area contributed by atoms with Crippen molar-refractivity contribution in [2.24, 2.45) is 5.90 Å². The molecule has 0 saturated heterocycles. The van der Waals surface area contributed by atoms with E-state index in [9.17, 15) is 4.79 Å². The fraction of sp³-hybridized carbons (Fsp3) is 0.222. The molecule has 0 fully saturated rings. The van der Waals surface area contributed by atoms with Gasteiger partial charge in [-0.05, 0) is 17.7 Å². The summed E-state index contributed by atoms with van der Waals surface area (Å²) in [4.78, 5) is 14.9. The highest BCUT2D eigenvalue weighted by molar-refractivity contribution is 5.67. The van der Waals surface area contributed by atoms with Crippen molar-refractivity contribution in [1.82, 2.24) is 0 Å². The smallest absolute Gasteiger partial charge is 0.306 e. The molecule has 0 saturated carbocycles. The highest BCUT2D eigenvalue weighted by Gasteiger charge is 2.15. The molecular formula is C9H11NO4. The number of aliphatic carboxylic acids is 1. The summed E-state index contributed by atoms with van der Waals surface area (Å²) in [6.45, 7) is 0. The lowest BCUT2D eigenvalue weighted by Gasteiger charge is -2.12. The van der Waals surface area contributed by atoms with Crippen LogP contribution in [-0.2, 0) is 9.63 Å². The highest BCUT2D eigenvalue weighted by Crippen LogP contribution is 2.21. The van der Waals surface area contributed by atoms with Gasteiger partial charge in [-0.3, -0.25) is 9.63 Å². The summed E-state index contributed by atoms with van der Waals surface area (Å²) in [5.74, 6) is 4.08. The Morgan fingerprint density at radius 1 is 1.43 bits per heavy atom. The third-order valence-corrected chi connectivity index (χ3v) is 1.79. The van der Waals surface area contributed by atoms with Crippen LogP contribution in [0, 0.1) is 0 Å². The Labute approximate surface area is 80.7 Å². The van der Waals surface area contributed by atoms with E-state index in [0.717, 1.165) is 0 Å². The van der Waals surface area contributed by atoms with Crippen molar-refractivity contribution in [1.29, 1.82) is 0 Å². The number of hydrogen-bond acceptors (Lipinski definition) is 4. The van der Waals surface area contributed by atoms with Crippen LogP contribution in [0.2, 0.25) is 0 Å². The molecule has 5 heteroatoms. The predicted molar refractivity (Wildman–Crippen MR) is 48.4 cm³/mol. The van der Waals surface area contributed by atoms with E-state index in [0.29, 0.717) is 5.56 Å². The van der Waals surface area contributed by atoms with E-state index < -0.39 is 12.1 Å². The van der Waals surface area contributed by atoms with Crippen LogP contribution in [0.4, 0.5) is 0 Å². The van der Waals surface area contributed by atoms with Crippen LogP contribution in [-0.4, -0.2) is 16.2 Å². The minimum atomic E-state index is -0.992. The van der Waals surface area contributed by atoms with E-state index in [4.69, 9.17) is 16.1 Å². The fourth-order valence-corrected chi connectivity index (χ4v) is 1.09. The molecule has 0 heterocycles. The standard InChI is InChI=1S/C9H11NO4/c10-14-8(5-9(12)13)6-1-3-7(11)4-2-6/h1-4,8,11H,5,10H2,(H,12,13). The van der Waals surface area contributed by atoms with Crippen LogP contribution in [0.3, 0.4) is 0 Å². The Bertz CT molecular complexity index is 309. The van der Waals surface area contributed by atoms with Crippen molar-refractivity contribution in [3.63, 3.8) is 0 Å². The summed E-state index contributed by atoms with van der Waals surface area (Å²) < 4.78 is 0. The Balaban J connectivity index is 2.78. The van der Waals surface area contributed by atoms with Crippen LogP contribution < -0.4 is 5.90 Å². The summed E-state index contributed by atoms with van der Waals surface area (Å²) >= 11 is 0. The monoisotopic (exact) mass is 197 g/mol. The molecule has 1 unspecified atom stereocenters.